The van der Waals surface area contributed by atoms with E-state index >= 15 is 0 Å². The molecular weight excluding hydrogens is 541 g/mol. The third kappa shape index (κ3) is 11.6. The first-order chi connectivity index (χ1) is 19.7. The molecule has 3 aliphatic rings. The van der Waals surface area contributed by atoms with Crippen molar-refractivity contribution in [3.05, 3.63) is 0 Å². The van der Waals surface area contributed by atoms with Gasteiger partial charge in [-0.15, -0.1) is 0 Å². The molecule has 7 N–H and O–H groups in total. The summed E-state index contributed by atoms with van der Waals surface area (Å²) in [5, 5.41) is 10.9. The smallest absolute Gasteiger partial charge is 0.325 e. The lowest BCUT2D eigenvalue weighted by Crippen LogP contribution is -2.52. The highest BCUT2D eigenvalue weighted by molar-refractivity contribution is 7.51. The molecule has 0 aromatic carbocycles. The Hall–Kier alpha value is -1.56. The van der Waals surface area contributed by atoms with Crippen molar-refractivity contribution in [1.29, 1.82) is 0 Å². The number of rotatable bonds is 15. The van der Waals surface area contributed by atoms with Crippen molar-refractivity contribution in [3.8, 4) is 0 Å². The van der Waals surface area contributed by atoms with Gasteiger partial charge in [0, 0.05) is 38.3 Å². The van der Waals surface area contributed by atoms with Crippen LogP contribution >= 0.6 is 7.60 Å². The van der Waals surface area contributed by atoms with Gasteiger partial charge in [0.25, 0.3) is 0 Å². The first-order valence-corrected chi connectivity index (χ1v) is 17.8. The minimum Gasteiger partial charge on any atom is -0.368 e. The van der Waals surface area contributed by atoms with Crippen molar-refractivity contribution in [2.45, 2.75) is 89.6 Å². The summed E-state index contributed by atoms with van der Waals surface area (Å²) >= 11 is 0. The van der Waals surface area contributed by atoms with Gasteiger partial charge in [-0.2, -0.15) is 15.0 Å². The summed E-state index contributed by atoms with van der Waals surface area (Å²) in [7, 11) is -3.95. The fourth-order valence-electron chi connectivity index (χ4n) is 6.60. The summed E-state index contributed by atoms with van der Waals surface area (Å²) in [5.41, 5.74) is 6.05. The molecule has 234 valence electrons. The minimum atomic E-state index is -3.95. The molecule has 0 amide bonds. The number of aromatic nitrogens is 3. The van der Waals surface area contributed by atoms with Gasteiger partial charge >= 0.3 is 7.60 Å². The Labute approximate surface area is 246 Å². The molecule has 1 atom stereocenters. The van der Waals surface area contributed by atoms with Gasteiger partial charge in [0.05, 0.1) is 6.16 Å². The molecule has 2 aliphatic carbocycles. The van der Waals surface area contributed by atoms with Gasteiger partial charge in [-0.3, -0.25) is 9.46 Å². The molecule has 1 unspecified atom stereocenters. The van der Waals surface area contributed by atoms with Crippen LogP contribution in [-0.4, -0.2) is 100 Å². The maximum Gasteiger partial charge on any atom is 0.325 e. The maximum atomic E-state index is 11.2. The van der Waals surface area contributed by atoms with Crippen molar-refractivity contribution in [3.63, 3.8) is 0 Å². The zero-order chi connectivity index (χ0) is 29.1. The van der Waals surface area contributed by atoms with Gasteiger partial charge in [-0.1, -0.05) is 19.3 Å². The third-order valence-electron chi connectivity index (χ3n) is 9.10. The van der Waals surface area contributed by atoms with Gasteiger partial charge in [0.2, 0.25) is 17.8 Å². The average molecular weight is 596 g/mol. The average Bonchev–Trinajstić information content (AvgIpc) is 2.95. The Balaban J connectivity index is 1.11. The van der Waals surface area contributed by atoms with Crippen LogP contribution in [0.15, 0.2) is 0 Å². The van der Waals surface area contributed by atoms with Crippen LogP contribution in [0, 0.1) is 11.8 Å². The Morgan fingerprint density at radius 3 is 2.37 bits per heavy atom. The molecule has 1 aliphatic heterocycles. The number of nitrogens with two attached hydrogens (primary N) is 1. The molecule has 0 spiro atoms. The molecule has 0 radical (unpaired) electrons. The topological polar surface area (TPSA) is 165 Å². The van der Waals surface area contributed by atoms with E-state index < -0.39 is 7.60 Å². The Morgan fingerprint density at radius 1 is 0.927 bits per heavy atom. The molecule has 13 heteroatoms. The van der Waals surface area contributed by atoms with Crippen molar-refractivity contribution in [2.24, 2.45) is 11.8 Å². The second-order valence-electron chi connectivity index (χ2n) is 12.5. The van der Waals surface area contributed by atoms with Crippen LogP contribution in [0.5, 0.6) is 0 Å². The van der Waals surface area contributed by atoms with Crippen LogP contribution in [0.4, 0.5) is 17.8 Å². The van der Waals surface area contributed by atoms with Gasteiger partial charge in [-0.05, 0) is 96.3 Å². The number of nitrogens with one attached hydrogen (secondary N) is 3. The van der Waals surface area contributed by atoms with Gasteiger partial charge in [-0.25, -0.2) is 0 Å². The summed E-state index contributed by atoms with van der Waals surface area (Å²) in [6.45, 7) is 9.26. The number of nitrogens with zero attached hydrogens (tertiary/aromatic N) is 5. The van der Waals surface area contributed by atoms with Crippen molar-refractivity contribution in [1.82, 2.24) is 30.5 Å². The van der Waals surface area contributed by atoms with E-state index in [1.807, 2.05) is 0 Å². The maximum absolute atomic E-state index is 11.2. The van der Waals surface area contributed by atoms with Gasteiger partial charge in [0.1, 0.15) is 0 Å². The molecule has 41 heavy (non-hydrogen) atoms. The highest BCUT2D eigenvalue weighted by Crippen LogP contribution is 2.35. The van der Waals surface area contributed by atoms with E-state index in [-0.39, 0.29) is 18.2 Å². The molecule has 2 heterocycles. The number of hydrogen-bond acceptors (Lipinski definition) is 10. The zero-order valence-corrected chi connectivity index (χ0v) is 25.9. The molecule has 1 aromatic rings. The predicted octanol–water partition coefficient (Wildman–Crippen LogP) is 2.65. The first kappa shape index (κ1) is 32.4. The first-order valence-electron chi connectivity index (χ1n) is 16.0. The second kappa shape index (κ2) is 16.3. The summed E-state index contributed by atoms with van der Waals surface area (Å²) in [4.78, 5) is 36.0. The third-order valence-corrected chi connectivity index (χ3v) is 10.00. The van der Waals surface area contributed by atoms with Crippen molar-refractivity contribution in [2.75, 3.05) is 74.5 Å². The lowest BCUT2D eigenvalue weighted by molar-refractivity contribution is 0.188. The quantitative estimate of drug-likeness (QED) is 0.130. The Morgan fingerprint density at radius 2 is 1.66 bits per heavy atom. The van der Waals surface area contributed by atoms with E-state index in [0.29, 0.717) is 30.8 Å². The monoisotopic (exact) mass is 595 g/mol. The standard InChI is InChI=1S/C28H54N9O3P/c1-22-21-37(17-16-36(22)15-6-18-41(38,39)40)28-34-26(29)33-27(35-28)32-20-24-11-9-23(10-12-24)19-30-13-5-14-31-25-7-3-2-4-8-25/h22-25,30-31H,2-21H2,1H3,(H2,38,39,40)(H3,29,32,33,34,35). The van der Waals surface area contributed by atoms with Crippen LogP contribution in [0.3, 0.4) is 0 Å². The van der Waals surface area contributed by atoms with Crippen LogP contribution in [0.2, 0.25) is 0 Å². The fraction of sp³-hybridized carbons (Fsp3) is 0.893. The summed E-state index contributed by atoms with van der Waals surface area (Å²) in [5.74, 6) is 2.73. The zero-order valence-electron chi connectivity index (χ0n) is 25.0. The van der Waals surface area contributed by atoms with E-state index in [1.54, 1.807) is 0 Å². The minimum absolute atomic E-state index is 0.0737. The van der Waals surface area contributed by atoms with Crippen LogP contribution in [0.25, 0.3) is 0 Å². The lowest BCUT2D eigenvalue weighted by Gasteiger charge is -2.40. The summed E-state index contributed by atoms with van der Waals surface area (Å²) < 4.78 is 11.2. The van der Waals surface area contributed by atoms with E-state index in [4.69, 9.17) is 15.5 Å². The van der Waals surface area contributed by atoms with Gasteiger partial charge in [0.15, 0.2) is 0 Å². The van der Waals surface area contributed by atoms with Crippen molar-refractivity contribution >= 4 is 25.4 Å². The van der Waals surface area contributed by atoms with Crippen LogP contribution in [-0.2, 0) is 4.57 Å². The molecule has 1 saturated heterocycles. The number of anilines is 3. The molecule has 12 nitrogen and oxygen atoms in total. The molecular formula is C28H54N9O3P. The number of hydrogen-bond donors (Lipinski definition) is 6. The molecule has 0 bridgehead atoms. The molecule has 1 aromatic heterocycles. The summed E-state index contributed by atoms with van der Waals surface area (Å²) in [6.07, 6.45) is 13.5. The predicted molar refractivity (Wildman–Crippen MR) is 165 cm³/mol. The largest absolute Gasteiger partial charge is 0.368 e. The Bertz CT molecular complexity index is 954. The molecule has 2 saturated carbocycles. The molecule has 4 rings (SSSR count). The van der Waals surface area contributed by atoms with Gasteiger partial charge < -0.3 is 36.4 Å². The molecule has 3 fully saturated rings. The summed E-state index contributed by atoms with van der Waals surface area (Å²) in [6, 6.07) is 0.979. The highest BCUT2D eigenvalue weighted by atomic mass is 31.2. The highest BCUT2D eigenvalue weighted by Gasteiger charge is 2.27. The Kier molecular flexibility index (Phi) is 12.9. The SMILES string of the molecule is CC1CN(c2nc(N)nc(NCC3CCC(CNCCCNC4CCCCC4)CC3)n2)CCN1CCCP(=O)(O)O. The van der Waals surface area contributed by atoms with E-state index in [0.717, 1.165) is 57.8 Å². The number of nitrogen functional groups attached to an aromatic ring is 1. The van der Waals surface area contributed by atoms with Crippen LogP contribution < -0.4 is 26.6 Å². The number of piperazine rings is 1. The van der Waals surface area contributed by atoms with E-state index in [2.05, 4.69) is 47.6 Å². The van der Waals surface area contributed by atoms with Crippen molar-refractivity contribution < 1.29 is 14.4 Å². The fourth-order valence-corrected chi connectivity index (χ4v) is 7.15. The van der Waals surface area contributed by atoms with E-state index in [9.17, 15) is 4.57 Å². The normalized spacial score (nSPS) is 25.0. The second-order valence-corrected chi connectivity index (χ2v) is 14.3. The lowest BCUT2D eigenvalue weighted by atomic mass is 9.82. The van der Waals surface area contributed by atoms with Crippen LogP contribution in [0.1, 0.15) is 77.6 Å². The van der Waals surface area contributed by atoms with E-state index in [1.165, 1.54) is 64.2 Å².